The van der Waals surface area contributed by atoms with Crippen LogP contribution in [0.4, 0.5) is 0 Å². The van der Waals surface area contributed by atoms with Crippen molar-refractivity contribution in [1.29, 1.82) is 0 Å². The lowest BCUT2D eigenvalue weighted by molar-refractivity contribution is 0.693. The second-order valence-corrected chi connectivity index (χ2v) is 6.59. The fourth-order valence-corrected chi connectivity index (χ4v) is 3.73. The maximum absolute atomic E-state index is 3.95. The van der Waals surface area contributed by atoms with E-state index in [0.717, 1.165) is 0 Å². The largest absolute Gasteiger partial charge is 0.0991 e. The first kappa shape index (κ1) is 18.7. The van der Waals surface area contributed by atoms with Crippen LogP contribution in [-0.2, 0) is 0 Å². The highest BCUT2D eigenvalue weighted by Gasteiger charge is 2.28. The second kappa shape index (κ2) is 9.54. The van der Waals surface area contributed by atoms with E-state index < -0.39 is 0 Å². The SMILES string of the molecule is C=C/C=C(\C=C/C)C(c1ccccc1)C(c1ccccc1)c1ccccc1. The fourth-order valence-electron chi connectivity index (χ4n) is 3.73. The van der Waals surface area contributed by atoms with Gasteiger partial charge in [0.1, 0.15) is 0 Å². The average Bonchev–Trinajstić information content (AvgIpc) is 2.74. The molecule has 0 radical (unpaired) electrons. The highest BCUT2D eigenvalue weighted by Crippen LogP contribution is 2.43. The van der Waals surface area contributed by atoms with Crippen LogP contribution in [0.25, 0.3) is 0 Å². The molecule has 0 spiro atoms. The zero-order chi connectivity index (χ0) is 18.9. The molecule has 0 fully saturated rings. The third kappa shape index (κ3) is 4.54. The summed E-state index contributed by atoms with van der Waals surface area (Å²) in [6.45, 7) is 6.02. The van der Waals surface area contributed by atoms with E-state index in [1.54, 1.807) is 0 Å². The van der Waals surface area contributed by atoms with Gasteiger partial charge in [-0.05, 0) is 29.2 Å². The summed E-state index contributed by atoms with van der Waals surface area (Å²) in [5, 5.41) is 0. The predicted octanol–water partition coefficient (Wildman–Crippen LogP) is 7.29. The molecule has 1 atom stereocenters. The highest BCUT2D eigenvalue weighted by molar-refractivity contribution is 5.46. The van der Waals surface area contributed by atoms with Crippen molar-refractivity contribution in [3.8, 4) is 0 Å². The molecule has 3 aromatic rings. The lowest BCUT2D eigenvalue weighted by atomic mass is 9.73. The maximum atomic E-state index is 3.95. The summed E-state index contributed by atoms with van der Waals surface area (Å²) >= 11 is 0. The van der Waals surface area contributed by atoms with E-state index in [0.29, 0.717) is 0 Å². The molecule has 0 saturated heterocycles. The number of hydrogen-bond acceptors (Lipinski definition) is 0. The Balaban J connectivity index is 2.25. The molecule has 134 valence electrons. The van der Waals surface area contributed by atoms with Crippen molar-refractivity contribution in [1.82, 2.24) is 0 Å². The Bertz CT molecular complexity index is 847. The molecular weight excluding hydrogens is 324 g/mol. The van der Waals surface area contributed by atoms with E-state index in [1.165, 1.54) is 22.3 Å². The molecule has 3 aromatic carbocycles. The van der Waals surface area contributed by atoms with Crippen LogP contribution >= 0.6 is 0 Å². The highest BCUT2D eigenvalue weighted by atomic mass is 14.3. The standard InChI is InChI=1S/C27H26/c1-3-14-22(15-4-2)26(23-16-8-5-9-17-23)27(24-18-10-6-11-19-24)25-20-12-7-13-21-25/h3-21,26-27H,1H2,2H3/b15-4-,22-14+. The molecule has 0 nitrogen and oxygen atoms in total. The lowest BCUT2D eigenvalue weighted by Crippen LogP contribution is -2.15. The Kier molecular flexibility index (Phi) is 6.60. The first-order valence-corrected chi connectivity index (χ1v) is 9.45. The predicted molar refractivity (Wildman–Crippen MR) is 117 cm³/mol. The summed E-state index contributed by atoms with van der Waals surface area (Å²) in [5.41, 5.74) is 5.20. The Morgan fingerprint density at radius 3 is 1.56 bits per heavy atom. The summed E-state index contributed by atoms with van der Waals surface area (Å²) in [6, 6.07) is 32.4. The van der Waals surface area contributed by atoms with Crippen molar-refractivity contribution in [3.05, 3.63) is 144 Å². The van der Waals surface area contributed by atoms with Gasteiger partial charge in [0.15, 0.2) is 0 Å². The molecule has 0 aliphatic rings. The third-order valence-electron chi connectivity index (χ3n) is 4.84. The summed E-state index contributed by atoms with van der Waals surface area (Å²) in [7, 11) is 0. The lowest BCUT2D eigenvalue weighted by Gasteiger charge is -2.30. The second-order valence-electron chi connectivity index (χ2n) is 6.59. The van der Waals surface area contributed by atoms with Crippen LogP contribution in [0, 0.1) is 0 Å². The van der Waals surface area contributed by atoms with Crippen molar-refractivity contribution in [2.45, 2.75) is 18.8 Å². The topological polar surface area (TPSA) is 0 Å². The molecule has 0 aliphatic carbocycles. The van der Waals surface area contributed by atoms with Crippen molar-refractivity contribution < 1.29 is 0 Å². The van der Waals surface area contributed by atoms with E-state index in [2.05, 4.69) is 123 Å². The summed E-state index contributed by atoms with van der Waals surface area (Å²) in [5.74, 6) is 0.419. The first-order chi connectivity index (χ1) is 13.3. The van der Waals surface area contributed by atoms with Gasteiger partial charge >= 0.3 is 0 Å². The molecule has 0 heterocycles. The van der Waals surface area contributed by atoms with E-state index >= 15 is 0 Å². The quantitative estimate of drug-likeness (QED) is 0.392. The van der Waals surface area contributed by atoms with Crippen molar-refractivity contribution >= 4 is 0 Å². The normalized spacial score (nSPS) is 13.0. The van der Waals surface area contributed by atoms with Gasteiger partial charge in [0.05, 0.1) is 0 Å². The van der Waals surface area contributed by atoms with Gasteiger partial charge in [0.2, 0.25) is 0 Å². The van der Waals surface area contributed by atoms with Crippen LogP contribution in [0.5, 0.6) is 0 Å². The van der Waals surface area contributed by atoms with E-state index in [4.69, 9.17) is 0 Å². The first-order valence-electron chi connectivity index (χ1n) is 9.45. The molecule has 3 rings (SSSR count). The van der Waals surface area contributed by atoms with Crippen molar-refractivity contribution in [3.63, 3.8) is 0 Å². The van der Waals surface area contributed by atoms with Gasteiger partial charge in [-0.3, -0.25) is 0 Å². The summed E-state index contributed by atoms with van der Waals surface area (Å²) in [6.07, 6.45) is 8.34. The monoisotopic (exact) mass is 350 g/mol. The minimum Gasteiger partial charge on any atom is -0.0991 e. The summed E-state index contributed by atoms with van der Waals surface area (Å²) in [4.78, 5) is 0. The van der Waals surface area contributed by atoms with Crippen LogP contribution in [-0.4, -0.2) is 0 Å². The van der Waals surface area contributed by atoms with Gasteiger partial charge in [-0.1, -0.05) is 122 Å². The van der Waals surface area contributed by atoms with E-state index in [1.807, 2.05) is 6.08 Å². The van der Waals surface area contributed by atoms with Crippen molar-refractivity contribution in [2.75, 3.05) is 0 Å². The smallest absolute Gasteiger partial charge is 0.0199 e. The molecule has 0 amide bonds. The Labute approximate surface area is 163 Å². The zero-order valence-electron chi connectivity index (χ0n) is 15.8. The van der Waals surface area contributed by atoms with Gasteiger partial charge < -0.3 is 0 Å². The molecule has 0 bridgehead atoms. The Hall–Kier alpha value is -3.12. The van der Waals surface area contributed by atoms with Crippen molar-refractivity contribution in [2.24, 2.45) is 0 Å². The molecule has 27 heavy (non-hydrogen) atoms. The number of hydrogen-bond donors (Lipinski definition) is 0. The van der Waals surface area contributed by atoms with Crippen LogP contribution in [0.3, 0.4) is 0 Å². The Morgan fingerprint density at radius 2 is 1.15 bits per heavy atom. The molecule has 1 unspecified atom stereocenters. The van der Waals surface area contributed by atoms with Gasteiger partial charge in [0.25, 0.3) is 0 Å². The third-order valence-corrected chi connectivity index (χ3v) is 4.84. The molecule has 0 saturated carbocycles. The summed E-state index contributed by atoms with van der Waals surface area (Å²) < 4.78 is 0. The van der Waals surface area contributed by atoms with E-state index in [-0.39, 0.29) is 11.8 Å². The fraction of sp³-hybridized carbons (Fsp3) is 0.111. The zero-order valence-corrected chi connectivity index (χ0v) is 15.8. The minimum atomic E-state index is 0.199. The Morgan fingerprint density at radius 1 is 0.704 bits per heavy atom. The van der Waals surface area contributed by atoms with Crippen LogP contribution in [0.15, 0.2) is 127 Å². The molecule has 0 heteroatoms. The van der Waals surface area contributed by atoms with Gasteiger partial charge in [-0.2, -0.15) is 0 Å². The van der Waals surface area contributed by atoms with Gasteiger partial charge in [-0.25, -0.2) is 0 Å². The average molecular weight is 351 g/mol. The number of rotatable bonds is 7. The van der Waals surface area contributed by atoms with Gasteiger partial charge in [0, 0.05) is 11.8 Å². The maximum Gasteiger partial charge on any atom is 0.0199 e. The molecule has 0 N–H and O–H groups in total. The van der Waals surface area contributed by atoms with Gasteiger partial charge in [-0.15, -0.1) is 0 Å². The number of benzene rings is 3. The number of allylic oxidation sites excluding steroid dienone is 5. The van der Waals surface area contributed by atoms with Crippen LogP contribution in [0.2, 0.25) is 0 Å². The minimum absolute atomic E-state index is 0.199. The van der Waals surface area contributed by atoms with Crippen LogP contribution < -0.4 is 0 Å². The molecule has 0 aliphatic heterocycles. The van der Waals surface area contributed by atoms with E-state index in [9.17, 15) is 0 Å². The molecular formula is C27H26. The van der Waals surface area contributed by atoms with Crippen LogP contribution in [0.1, 0.15) is 35.4 Å². The molecule has 0 aromatic heterocycles.